The quantitative estimate of drug-likeness (QED) is 0.0489. The van der Waals surface area contributed by atoms with E-state index in [1.54, 1.807) is 19.3 Å². The summed E-state index contributed by atoms with van der Waals surface area (Å²) in [6.45, 7) is 29.9. The molecule has 0 radical (unpaired) electrons. The molecule has 11 rings (SSSR count). The molecule has 0 aliphatic carbocycles. The van der Waals surface area contributed by atoms with Gasteiger partial charge in [0.25, 0.3) is 0 Å². The number of esters is 1. The Balaban J connectivity index is 0.000000164. The molecular formula is C64H78BClN10O10S2. The second-order valence-corrected chi connectivity index (χ2v) is 27.8. The highest BCUT2D eigenvalue weighted by Crippen LogP contribution is 2.38. The number of rotatable bonds is 13. The second-order valence-electron chi connectivity index (χ2n) is 25.4. The summed E-state index contributed by atoms with van der Waals surface area (Å²) in [5.41, 5.74) is 8.34. The SMILES string of the molecule is CCOC(=O)C1CN(C2=Nc3ncnc(Cl)c3C2)CCO1.Cc1cc(-c2ncnc3c2CC(N2CCOC(C(=O)O)C2)=N3)ccc1CCC(=O)c1cnc(C(C)(C)C)s1.Cc1cc(B2OC(C)(C)C(C)(C)O2)ccc1CCC(=O)c1cnc(C(C)(C)C)s1. The second kappa shape index (κ2) is 27.2. The van der Waals surface area contributed by atoms with Gasteiger partial charge in [0.2, 0.25) is 0 Å². The van der Waals surface area contributed by atoms with E-state index in [9.17, 15) is 24.3 Å². The van der Waals surface area contributed by atoms with Crippen LogP contribution < -0.4 is 5.46 Å². The van der Waals surface area contributed by atoms with Crippen molar-refractivity contribution in [3.8, 4) is 11.3 Å². The molecule has 0 bridgehead atoms. The molecule has 2 atom stereocenters. The van der Waals surface area contributed by atoms with Crippen LogP contribution in [0.5, 0.6) is 0 Å². The van der Waals surface area contributed by atoms with Gasteiger partial charge < -0.3 is 38.4 Å². The molecule has 2 aromatic carbocycles. The van der Waals surface area contributed by atoms with Gasteiger partial charge in [-0.05, 0) is 95.1 Å². The Labute approximate surface area is 528 Å². The van der Waals surface area contributed by atoms with Gasteiger partial charge in [-0.1, -0.05) is 83.5 Å². The molecule has 5 aliphatic heterocycles. The highest BCUT2D eigenvalue weighted by Gasteiger charge is 2.52. The van der Waals surface area contributed by atoms with E-state index in [1.807, 2.05) is 15.9 Å². The molecule has 3 fully saturated rings. The number of aliphatic imine (C=N–C) groups is 2. The van der Waals surface area contributed by atoms with Crippen LogP contribution >= 0.6 is 34.3 Å². The summed E-state index contributed by atoms with van der Waals surface area (Å²) in [6.07, 6.45) is 8.31. The van der Waals surface area contributed by atoms with E-state index in [-0.39, 0.29) is 53.2 Å². The van der Waals surface area contributed by atoms with E-state index in [0.29, 0.717) is 93.2 Å². The maximum atomic E-state index is 12.8. The summed E-state index contributed by atoms with van der Waals surface area (Å²) in [6, 6.07) is 12.5. The van der Waals surface area contributed by atoms with Crippen molar-refractivity contribution in [1.29, 1.82) is 0 Å². The van der Waals surface area contributed by atoms with Gasteiger partial charge in [0, 0.05) is 78.7 Å². The number of hydrogen-bond acceptors (Lipinski definition) is 21. The van der Waals surface area contributed by atoms with E-state index >= 15 is 0 Å². The van der Waals surface area contributed by atoms with Crippen LogP contribution in [0.25, 0.3) is 11.3 Å². The van der Waals surface area contributed by atoms with Crippen molar-refractivity contribution in [3.63, 3.8) is 0 Å². The number of halogens is 1. The van der Waals surface area contributed by atoms with E-state index in [1.165, 1.54) is 40.9 Å². The zero-order valence-corrected chi connectivity index (χ0v) is 54.9. The maximum absolute atomic E-state index is 12.8. The van der Waals surface area contributed by atoms with Crippen molar-refractivity contribution >= 4 is 93.7 Å². The molecule has 0 spiro atoms. The molecule has 4 aromatic heterocycles. The zero-order chi connectivity index (χ0) is 63.5. The van der Waals surface area contributed by atoms with E-state index < -0.39 is 18.2 Å². The summed E-state index contributed by atoms with van der Waals surface area (Å²) in [5, 5.41) is 11.7. The number of aliphatic carboxylic acids is 1. The number of morpholine rings is 2. The van der Waals surface area contributed by atoms with Crippen LogP contribution in [-0.4, -0.2) is 157 Å². The van der Waals surface area contributed by atoms with Crippen molar-refractivity contribution in [3.05, 3.63) is 120 Å². The molecule has 5 aliphatic rings. The van der Waals surface area contributed by atoms with Gasteiger partial charge in [0.05, 0.1) is 69.6 Å². The van der Waals surface area contributed by atoms with Gasteiger partial charge >= 0.3 is 19.1 Å². The zero-order valence-electron chi connectivity index (χ0n) is 52.5. The number of carbonyl (C=O) groups is 4. The van der Waals surface area contributed by atoms with E-state index in [0.717, 1.165) is 77.5 Å². The number of ether oxygens (including phenoxy) is 3. The monoisotopic (exact) mass is 1260 g/mol. The number of amidine groups is 2. The third-order valence-electron chi connectivity index (χ3n) is 16.2. The number of Topliss-reactive ketones (excluding diaryl/α,β-unsaturated/α-hetero) is 2. The number of carbonyl (C=O) groups excluding carboxylic acids is 3. The summed E-state index contributed by atoms with van der Waals surface area (Å²) in [5.74, 6) is 1.83. The predicted molar refractivity (Wildman–Crippen MR) is 342 cm³/mol. The number of thiazole rings is 2. The Bertz CT molecular complexity index is 3630. The molecule has 0 saturated carbocycles. The van der Waals surface area contributed by atoms with E-state index in [4.69, 9.17) is 40.1 Å². The average molecular weight is 1260 g/mol. The average Bonchev–Trinajstić information content (AvgIpc) is 2.55. The minimum absolute atomic E-state index is 0.0247. The Morgan fingerprint density at radius 2 is 1.19 bits per heavy atom. The molecule has 3 saturated heterocycles. The number of carboxylic acids is 1. The summed E-state index contributed by atoms with van der Waals surface area (Å²) >= 11 is 9.05. The molecule has 6 aromatic rings. The van der Waals surface area contributed by atoms with Crippen LogP contribution in [0.4, 0.5) is 11.6 Å². The number of aromatic nitrogens is 6. The lowest BCUT2D eigenvalue weighted by Crippen LogP contribution is -2.49. The molecule has 88 heavy (non-hydrogen) atoms. The lowest BCUT2D eigenvalue weighted by molar-refractivity contribution is -0.160. The first-order valence-corrected chi connectivity index (χ1v) is 31.7. The number of ketones is 2. The van der Waals surface area contributed by atoms with Gasteiger partial charge in [-0.25, -0.2) is 49.5 Å². The molecule has 2 unspecified atom stereocenters. The molecule has 0 amide bonds. The lowest BCUT2D eigenvalue weighted by Gasteiger charge is -2.32. The fourth-order valence-electron chi connectivity index (χ4n) is 10.3. The maximum Gasteiger partial charge on any atom is 0.494 e. The molecule has 20 nitrogen and oxygen atoms in total. The first kappa shape index (κ1) is 65.7. The normalized spacial score (nSPS) is 18.5. The third-order valence-corrected chi connectivity index (χ3v) is 19.5. The minimum atomic E-state index is -0.967. The first-order valence-electron chi connectivity index (χ1n) is 29.7. The van der Waals surface area contributed by atoms with Crippen LogP contribution in [-0.2, 0) is 69.6 Å². The Morgan fingerprint density at radius 3 is 1.69 bits per heavy atom. The van der Waals surface area contributed by atoms with Gasteiger partial charge in [-0.3, -0.25) is 9.59 Å². The smallest absolute Gasteiger partial charge is 0.479 e. The molecule has 1 N–H and O–H groups in total. The van der Waals surface area contributed by atoms with Crippen LogP contribution in [0.1, 0.15) is 152 Å². The number of hydrogen-bond donors (Lipinski definition) is 1. The highest BCUT2D eigenvalue weighted by atomic mass is 35.5. The molecule has 9 heterocycles. The van der Waals surface area contributed by atoms with Gasteiger partial charge in [0.1, 0.15) is 29.5 Å². The van der Waals surface area contributed by atoms with Crippen LogP contribution in [0, 0.1) is 13.8 Å². The Morgan fingerprint density at radius 1 is 0.693 bits per heavy atom. The molecule has 466 valence electrons. The number of nitrogens with zero attached hydrogens (tertiary/aromatic N) is 10. The fraction of sp³-hybridized carbons (Fsp3) is 0.500. The molecular weight excluding hydrogens is 1180 g/mol. The summed E-state index contributed by atoms with van der Waals surface area (Å²) in [7, 11) is -0.359. The number of carboxylic acid groups (broad SMARTS) is 1. The van der Waals surface area contributed by atoms with Crippen LogP contribution in [0.3, 0.4) is 0 Å². The summed E-state index contributed by atoms with van der Waals surface area (Å²) < 4.78 is 28.1. The number of fused-ring (bicyclic) bond motifs is 2. The summed E-state index contributed by atoms with van der Waals surface area (Å²) in [4.78, 5) is 89.1. The fourth-order valence-corrected chi connectivity index (χ4v) is 12.4. The number of benzene rings is 2. The number of aryl methyl sites for hydroxylation is 4. The van der Waals surface area contributed by atoms with Crippen LogP contribution in [0.2, 0.25) is 5.15 Å². The predicted octanol–water partition coefficient (Wildman–Crippen LogP) is 10.2. The van der Waals surface area contributed by atoms with Crippen molar-refractivity contribution in [2.45, 2.75) is 163 Å². The Kier molecular flexibility index (Phi) is 20.3. The Hall–Kier alpha value is -6.73. The van der Waals surface area contributed by atoms with Crippen molar-refractivity contribution in [1.82, 2.24) is 39.7 Å². The van der Waals surface area contributed by atoms with Gasteiger partial charge in [0.15, 0.2) is 35.4 Å². The van der Waals surface area contributed by atoms with E-state index in [2.05, 4.69) is 148 Å². The lowest BCUT2D eigenvalue weighted by atomic mass is 9.77. The highest BCUT2D eigenvalue weighted by molar-refractivity contribution is 7.14. The topological polar surface area (TPSA) is 243 Å². The standard InChI is InChI=1S/C28H31N5O4S.C23H32BNO3S.C13H15ClN4O3/c1-16-11-18(6-5-17(16)7-8-20(34)22-13-29-27(38-22)28(2,3)4)24-19-12-23(32-25(19)31-15-30-24)33-9-10-37-21(14-33)26(35)36;1-15-13-17(24-27-22(5,6)23(7,8)28-24)11-9-16(15)10-12-18(26)19-14-25-20(29-19)21(2,3)4;1-2-20-13(19)9-6-18(3-4-21-9)10-5-8-11(14)15-7-16-12(8)17-10/h5-6,11,13,15,21H,7-10,12,14H2,1-4H3,(H,35,36);9,11,13-14H,10,12H2,1-8H3;7,9H,2-6H2,1H3. The first-order chi connectivity index (χ1) is 41.6. The van der Waals surface area contributed by atoms with Crippen molar-refractivity contribution < 1.29 is 47.8 Å². The van der Waals surface area contributed by atoms with Crippen LogP contribution in [0.15, 0.2) is 71.4 Å². The molecule has 24 heteroatoms. The minimum Gasteiger partial charge on any atom is -0.479 e. The van der Waals surface area contributed by atoms with Gasteiger partial charge in [-0.15, -0.1) is 22.7 Å². The largest absolute Gasteiger partial charge is 0.494 e. The van der Waals surface area contributed by atoms with Crippen molar-refractivity contribution in [2.75, 3.05) is 46.0 Å². The third kappa shape index (κ3) is 15.5. The van der Waals surface area contributed by atoms with Crippen molar-refractivity contribution in [2.24, 2.45) is 9.98 Å². The van der Waals surface area contributed by atoms with Gasteiger partial charge in [-0.2, -0.15) is 0 Å².